The highest BCUT2D eigenvalue weighted by molar-refractivity contribution is 5.74. The van der Waals surface area contributed by atoms with E-state index in [9.17, 15) is 27.9 Å². The van der Waals surface area contributed by atoms with Crippen molar-refractivity contribution in [2.45, 2.75) is 50.3 Å². The third-order valence-corrected chi connectivity index (χ3v) is 6.88. The van der Waals surface area contributed by atoms with Crippen LogP contribution in [0.5, 0.6) is 0 Å². The van der Waals surface area contributed by atoms with Gasteiger partial charge in [0.05, 0.1) is 11.6 Å². The molecule has 2 aromatic carbocycles. The lowest BCUT2D eigenvalue weighted by Crippen LogP contribution is -2.22. The first kappa shape index (κ1) is 21.6. The Balaban J connectivity index is 1.76. The SMILES string of the molecule is Cc1ccncc1-c1ccc([C@H]2CC[C@H](F)c3cc(F)cc(C#N)c32)c2c1[C@H](O)C(F)(F)C2. The summed E-state index contributed by atoms with van der Waals surface area (Å²) in [5, 5.41) is 20.2. The number of aliphatic hydroxyl groups is 1. The quantitative estimate of drug-likeness (QED) is 0.469. The lowest BCUT2D eigenvalue weighted by molar-refractivity contribution is -0.0966. The van der Waals surface area contributed by atoms with Crippen molar-refractivity contribution in [2.75, 3.05) is 0 Å². The fourth-order valence-corrected chi connectivity index (χ4v) is 5.35. The molecular weight excluding hydrogens is 432 g/mol. The smallest absolute Gasteiger partial charge is 0.281 e. The highest BCUT2D eigenvalue weighted by Gasteiger charge is 2.50. The third kappa shape index (κ3) is 3.32. The lowest BCUT2D eigenvalue weighted by atomic mass is 9.74. The molecule has 3 aromatic rings. The molecule has 0 saturated heterocycles. The molecule has 0 saturated carbocycles. The van der Waals surface area contributed by atoms with E-state index in [1.54, 1.807) is 30.6 Å². The number of nitriles is 1. The van der Waals surface area contributed by atoms with Gasteiger partial charge < -0.3 is 5.11 Å². The van der Waals surface area contributed by atoms with E-state index in [0.717, 1.165) is 17.7 Å². The Morgan fingerprint density at radius 1 is 1.09 bits per heavy atom. The minimum absolute atomic E-state index is 0.00332. The van der Waals surface area contributed by atoms with Crippen LogP contribution in [-0.4, -0.2) is 16.0 Å². The molecule has 1 aromatic heterocycles. The molecule has 0 amide bonds. The van der Waals surface area contributed by atoms with Crippen LogP contribution < -0.4 is 0 Å². The summed E-state index contributed by atoms with van der Waals surface area (Å²) in [5.74, 6) is -4.63. The van der Waals surface area contributed by atoms with Crippen molar-refractivity contribution in [3.8, 4) is 17.2 Å². The van der Waals surface area contributed by atoms with Gasteiger partial charge in [-0.05, 0) is 76.9 Å². The molecule has 33 heavy (non-hydrogen) atoms. The Kier molecular flexibility index (Phi) is 5.02. The van der Waals surface area contributed by atoms with E-state index in [0.29, 0.717) is 27.8 Å². The first-order valence-electron chi connectivity index (χ1n) is 10.7. The summed E-state index contributed by atoms with van der Waals surface area (Å²) >= 11 is 0. The van der Waals surface area contributed by atoms with Crippen LogP contribution in [0.25, 0.3) is 11.1 Å². The van der Waals surface area contributed by atoms with Gasteiger partial charge in [-0.25, -0.2) is 17.6 Å². The zero-order chi connectivity index (χ0) is 23.5. The monoisotopic (exact) mass is 452 g/mol. The second-order valence-electron chi connectivity index (χ2n) is 8.79. The van der Waals surface area contributed by atoms with E-state index < -0.39 is 36.4 Å². The van der Waals surface area contributed by atoms with Crippen molar-refractivity contribution in [2.24, 2.45) is 0 Å². The molecule has 1 N–H and O–H groups in total. The molecule has 168 valence electrons. The van der Waals surface area contributed by atoms with Crippen LogP contribution in [0.3, 0.4) is 0 Å². The summed E-state index contributed by atoms with van der Waals surface area (Å²) in [7, 11) is 0. The van der Waals surface area contributed by atoms with Gasteiger partial charge in [-0.1, -0.05) is 12.1 Å². The average Bonchev–Trinajstić information content (AvgIpc) is 3.03. The molecule has 3 atom stereocenters. The largest absolute Gasteiger partial charge is 0.382 e. The minimum Gasteiger partial charge on any atom is -0.382 e. The second kappa shape index (κ2) is 7.67. The molecule has 0 aliphatic heterocycles. The van der Waals surface area contributed by atoms with E-state index >= 15 is 0 Å². The van der Waals surface area contributed by atoms with Gasteiger partial charge in [-0.15, -0.1) is 0 Å². The third-order valence-electron chi connectivity index (χ3n) is 6.88. The average molecular weight is 452 g/mol. The van der Waals surface area contributed by atoms with Crippen LogP contribution in [-0.2, 0) is 6.42 Å². The number of nitrogens with zero attached hydrogens (tertiary/aromatic N) is 2. The number of rotatable bonds is 2. The number of aliphatic hydroxyl groups excluding tert-OH is 1. The Labute approximate surface area is 188 Å². The van der Waals surface area contributed by atoms with E-state index in [2.05, 4.69) is 4.98 Å². The van der Waals surface area contributed by atoms with Crippen LogP contribution >= 0.6 is 0 Å². The maximum absolute atomic E-state index is 14.8. The van der Waals surface area contributed by atoms with Gasteiger partial charge in [0.15, 0.2) is 0 Å². The van der Waals surface area contributed by atoms with Crippen molar-refractivity contribution < 1.29 is 22.7 Å². The molecule has 3 nitrogen and oxygen atoms in total. The summed E-state index contributed by atoms with van der Waals surface area (Å²) in [4.78, 5) is 4.11. The van der Waals surface area contributed by atoms with Crippen molar-refractivity contribution in [1.29, 1.82) is 5.26 Å². The highest BCUT2D eigenvalue weighted by atomic mass is 19.3. The number of hydrogen-bond acceptors (Lipinski definition) is 3. The molecule has 0 fully saturated rings. The second-order valence-corrected chi connectivity index (χ2v) is 8.79. The molecule has 0 radical (unpaired) electrons. The van der Waals surface area contributed by atoms with Crippen LogP contribution in [0, 0.1) is 24.1 Å². The molecule has 7 heteroatoms. The molecule has 0 bridgehead atoms. The molecule has 1 heterocycles. The first-order chi connectivity index (χ1) is 15.7. The van der Waals surface area contributed by atoms with Gasteiger partial charge in [-0.3, -0.25) is 4.98 Å². The fourth-order valence-electron chi connectivity index (χ4n) is 5.35. The van der Waals surface area contributed by atoms with Gasteiger partial charge in [0.2, 0.25) is 0 Å². The standard InChI is InChI=1S/C26H20F4N2O/c1-13-6-7-32-12-21(13)18-3-2-16(20-10-26(29,30)25(33)24(18)20)17-4-5-22(28)19-9-15(27)8-14(11-31)23(17)19/h2-3,6-9,12,17,22,25,33H,4-5,10H2,1H3/t17-,22+,25+/m1/s1. The van der Waals surface area contributed by atoms with E-state index in [4.69, 9.17) is 0 Å². The molecule has 0 unspecified atom stereocenters. The fraction of sp³-hybridized carbons (Fsp3) is 0.308. The number of fused-ring (bicyclic) bond motifs is 2. The summed E-state index contributed by atoms with van der Waals surface area (Å²) < 4.78 is 58.4. The number of pyridine rings is 1. The molecule has 2 aliphatic rings. The Morgan fingerprint density at radius 2 is 1.88 bits per heavy atom. The predicted molar refractivity (Wildman–Crippen MR) is 114 cm³/mol. The Bertz CT molecular complexity index is 1310. The molecular formula is C26H20F4N2O. The Hall–Kier alpha value is -3.24. The first-order valence-corrected chi connectivity index (χ1v) is 10.7. The highest BCUT2D eigenvalue weighted by Crippen LogP contribution is 2.53. The predicted octanol–water partition coefficient (Wildman–Crippen LogP) is 6.23. The van der Waals surface area contributed by atoms with Crippen molar-refractivity contribution >= 4 is 0 Å². The minimum atomic E-state index is -3.37. The lowest BCUT2D eigenvalue weighted by Gasteiger charge is -2.31. The maximum Gasteiger partial charge on any atom is 0.281 e. The summed E-state index contributed by atoms with van der Waals surface area (Å²) in [6.45, 7) is 1.84. The van der Waals surface area contributed by atoms with Crippen LogP contribution in [0.2, 0.25) is 0 Å². The van der Waals surface area contributed by atoms with Gasteiger partial charge in [-0.2, -0.15) is 5.26 Å². The van der Waals surface area contributed by atoms with E-state index in [1.807, 2.05) is 13.0 Å². The topological polar surface area (TPSA) is 56.9 Å². The van der Waals surface area contributed by atoms with Crippen LogP contribution in [0.1, 0.15) is 70.0 Å². The number of alkyl halides is 3. The zero-order valence-electron chi connectivity index (χ0n) is 17.7. The molecule has 5 rings (SSSR count). The molecule has 2 aliphatic carbocycles. The number of hydrogen-bond donors (Lipinski definition) is 1. The van der Waals surface area contributed by atoms with Crippen molar-refractivity contribution in [3.63, 3.8) is 0 Å². The van der Waals surface area contributed by atoms with Crippen LogP contribution in [0.4, 0.5) is 17.6 Å². The summed E-state index contributed by atoms with van der Waals surface area (Å²) in [6.07, 6.45) is -0.544. The van der Waals surface area contributed by atoms with Gasteiger partial charge >= 0.3 is 0 Å². The molecule has 0 spiro atoms. The van der Waals surface area contributed by atoms with Gasteiger partial charge in [0.1, 0.15) is 18.1 Å². The number of benzene rings is 2. The number of aryl methyl sites for hydroxylation is 1. The number of halogens is 4. The number of aromatic nitrogens is 1. The Morgan fingerprint density at radius 3 is 2.61 bits per heavy atom. The van der Waals surface area contributed by atoms with Crippen molar-refractivity contribution in [1.82, 2.24) is 4.98 Å². The summed E-state index contributed by atoms with van der Waals surface area (Å²) in [5.41, 5.74) is 3.34. The van der Waals surface area contributed by atoms with E-state index in [-0.39, 0.29) is 29.5 Å². The maximum atomic E-state index is 14.8. The zero-order valence-corrected chi connectivity index (χ0v) is 17.7. The van der Waals surface area contributed by atoms with E-state index in [1.165, 1.54) is 0 Å². The normalized spacial score (nSPS) is 23.0. The van der Waals surface area contributed by atoms with Gasteiger partial charge in [0.25, 0.3) is 5.92 Å². The van der Waals surface area contributed by atoms with Crippen LogP contribution in [0.15, 0.2) is 42.7 Å². The van der Waals surface area contributed by atoms with Crippen molar-refractivity contribution in [3.05, 3.63) is 87.5 Å². The van der Waals surface area contributed by atoms with Gasteiger partial charge in [0, 0.05) is 30.3 Å². The summed E-state index contributed by atoms with van der Waals surface area (Å²) in [6, 6.07) is 9.25.